The second-order valence-corrected chi connectivity index (χ2v) is 7.80. The number of carboxylic acid groups (broad SMARTS) is 1. The average molecular weight is 343 g/mol. The summed E-state index contributed by atoms with van der Waals surface area (Å²) >= 11 is 0. The van der Waals surface area contributed by atoms with E-state index in [1.54, 1.807) is 11.9 Å². The number of rotatable bonds is 3. The molecule has 1 aromatic carbocycles. The molecule has 1 heterocycles. The zero-order valence-electron chi connectivity index (χ0n) is 14.7. The van der Waals surface area contributed by atoms with Crippen LogP contribution in [0.4, 0.5) is 0 Å². The van der Waals surface area contributed by atoms with Crippen molar-refractivity contribution in [3.05, 3.63) is 29.8 Å². The minimum absolute atomic E-state index is 0.0130. The Bertz CT molecular complexity index is 709. The fourth-order valence-corrected chi connectivity index (χ4v) is 4.96. The quantitative estimate of drug-likeness (QED) is 0.916. The highest BCUT2D eigenvalue weighted by Crippen LogP contribution is 2.61. The zero-order valence-corrected chi connectivity index (χ0v) is 14.7. The molecule has 2 atom stereocenters. The molecule has 5 nitrogen and oxygen atoms in total. The minimum atomic E-state index is -1.02. The van der Waals surface area contributed by atoms with E-state index in [9.17, 15) is 14.7 Å². The van der Waals surface area contributed by atoms with Crippen LogP contribution in [0.2, 0.25) is 0 Å². The maximum absolute atomic E-state index is 13.2. The van der Waals surface area contributed by atoms with Crippen molar-refractivity contribution in [1.29, 1.82) is 0 Å². The van der Waals surface area contributed by atoms with E-state index in [0.29, 0.717) is 19.4 Å². The van der Waals surface area contributed by atoms with Gasteiger partial charge in [-0.2, -0.15) is 0 Å². The molecule has 134 valence electrons. The summed E-state index contributed by atoms with van der Waals surface area (Å²) in [5, 5.41) is 9.86. The lowest BCUT2D eigenvalue weighted by atomic mass is 9.80. The number of likely N-dealkylation sites (N-methyl/N-ethyl adjacent to an activating group) is 1. The van der Waals surface area contributed by atoms with Crippen LogP contribution in [0, 0.1) is 5.92 Å². The monoisotopic (exact) mass is 343 g/mol. The molecule has 0 bridgehead atoms. The molecule has 2 aliphatic carbocycles. The number of aliphatic carboxylic acids is 1. The van der Waals surface area contributed by atoms with Gasteiger partial charge < -0.3 is 14.7 Å². The number of hydrogen-bond donors (Lipinski definition) is 1. The predicted molar refractivity (Wildman–Crippen MR) is 92.6 cm³/mol. The SMILES string of the molecule is CN(C(=O)[C@@H]1C[C@]12CCOc1ccccc12)C1(C(=O)O)CCCCC1. The summed E-state index contributed by atoms with van der Waals surface area (Å²) in [6, 6.07) is 7.94. The Morgan fingerprint density at radius 1 is 1.16 bits per heavy atom. The number of carbonyl (C=O) groups is 2. The average Bonchev–Trinajstić information content (AvgIpc) is 3.36. The second-order valence-electron chi connectivity index (χ2n) is 7.80. The van der Waals surface area contributed by atoms with Gasteiger partial charge in [0.1, 0.15) is 11.3 Å². The fraction of sp³-hybridized carbons (Fsp3) is 0.600. The van der Waals surface area contributed by atoms with Crippen LogP contribution in [0.3, 0.4) is 0 Å². The molecule has 2 saturated carbocycles. The normalized spacial score (nSPS) is 29.4. The molecule has 0 saturated heterocycles. The van der Waals surface area contributed by atoms with Gasteiger partial charge in [0.15, 0.2) is 0 Å². The first-order chi connectivity index (χ1) is 12.0. The molecule has 4 rings (SSSR count). The molecule has 3 aliphatic rings. The van der Waals surface area contributed by atoms with Crippen LogP contribution < -0.4 is 4.74 Å². The number of benzene rings is 1. The van der Waals surface area contributed by atoms with Gasteiger partial charge in [0.25, 0.3) is 0 Å². The molecule has 5 heteroatoms. The van der Waals surface area contributed by atoms with Crippen molar-refractivity contribution in [1.82, 2.24) is 4.90 Å². The van der Waals surface area contributed by atoms with Crippen LogP contribution in [0.25, 0.3) is 0 Å². The number of hydrogen-bond acceptors (Lipinski definition) is 3. The van der Waals surface area contributed by atoms with Crippen LogP contribution in [0.1, 0.15) is 50.5 Å². The lowest BCUT2D eigenvalue weighted by molar-refractivity contribution is -0.161. The van der Waals surface area contributed by atoms with E-state index in [2.05, 4.69) is 6.07 Å². The van der Waals surface area contributed by atoms with Crippen molar-refractivity contribution in [3.63, 3.8) is 0 Å². The summed E-state index contributed by atoms with van der Waals surface area (Å²) in [7, 11) is 1.69. The highest BCUT2D eigenvalue weighted by Gasteiger charge is 2.63. The van der Waals surface area contributed by atoms with Crippen LogP contribution in [-0.4, -0.2) is 41.1 Å². The van der Waals surface area contributed by atoms with Crippen LogP contribution in [0.5, 0.6) is 5.75 Å². The second kappa shape index (κ2) is 5.75. The minimum Gasteiger partial charge on any atom is -0.493 e. The summed E-state index contributed by atoms with van der Waals surface area (Å²) in [6.45, 7) is 0.620. The summed E-state index contributed by atoms with van der Waals surface area (Å²) < 4.78 is 5.74. The first kappa shape index (κ1) is 16.4. The molecule has 1 N–H and O–H groups in total. The van der Waals surface area contributed by atoms with E-state index in [-0.39, 0.29) is 17.2 Å². The third-order valence-electron chi connectivity index (χ3n) is 6.65. The van der Waals surface area contributed by atoms with Crippen LogP contribution in [-0.2, 0) is 15.0 Å². The number of amides is 1. The van der Waals surface area contributed by atoms with Crippen LogP contribution in [0.15, 0.2) is 24.3 Å². The van der Waals surface area contributed by atoms with E-state index >= 15 is 0 Å². The lowest BCUT2D eigenvalue weighted by Crippen LogP contribution is -2.57. The van der Waals surface area contributed by atoms with E-state index in [1.165, 1.54) is 0 Å². The van der Waals surface area contributed by atoms with Gasteiger partial charge in [0.2, 0.25) is 5.91 Å². The van der Waals surface area contributed by atoms with Gasteiger partial charge in [-0.3, -0.25) is 4.79 Å². The van der Waals surface area contributed by atoms with Crippen molar-refractivity contribution in [2.24, 2.45) is 5.92 Å². The van der Waals surface area contributed by atoms with Gasteiger partial charge in [-0.1, -0.05) is 37.5 Å². The molecule has 0 radical (unpaired) electrons. The Kier molecular flexibility index (Phi) is 3.78. The Hall–Kier alpha value is -2.04. The van der Waals surface area contributed by atoms with Gasteiger partial charge in [0.05, 0.1) is 6.61 Å². The summed E-state index contributed by atoms with van der Waals surface area (Å²) in [6.07, 6.45) is 5.54. The molecule has 2 fully saturated rings. The van der Waals surface area contributed by atoms with Crippen molar-refractivity contribution in [2.45, 2.75) is 55.9 Å². The Balaban J connectivity index is 1.60. The molecular weight excluding hydrogens is 318 g/mol. The van der Waals surface area contributed by atoms with Crippen molar-refractivity contribution < 1.29 is 19.4 Å². The highest BCUT2D eigenvalue weighted by molar-refractivity contribution is 5.91. The maximum Gasteiger partial charge on any atom is 0.329 e. The molecule has 1 spiro atoms. The Morgan fingerprint density at radius 2 is 1.88 bits per heavy atom. The van der Waals surface area contributed by atoms with Crippen molar-refractivity contribution >= 4 is 11.9 Å². The molecule has 25 heavy (non-hydrogen) atoms. The van der Waals surface area contributed by atoms with Crippen molar-refractivity contribution in [3.8, 4) is 5.75 Å². The van der Waals surface area contributed by atoms with Gasteiger partial charge in [-0.05, 0) is 31.7 Å². The molecule has 0 unspecified atom stereocenters. The number of ether oxygens (including phenoxy) is 1. The van der Waals surface area contributed by atoms with E-state index in [4.69, 9.17) is 4.74 Å². The van der Waals surface area contributed by atoms with Crippen LogP contribution >= 0.6 is 0 Å². The Morgan fingerprint density at radius 3 is 2.60 bits per heavy atom. The summed E-state index contributed by atoms with van der Waals surface area (Å²) in [5.41, 5.74) is -0.0701. The zero-order chi connectivity index (χ0) is 17.7. The summed E-state index contributed by atoms with van der Waals surface area (Å²) in [4.78, 5) is 26.8. The molecule has 0 aromatic heterocycles. The molecular formula is C20H25NO4. The third-order valence-corrected chi connectivity index (χ3v) is 6.65. The summed E-state index contributed by atoms with van der Waals surface area (Å²) in [5.74, 6) is -0.121. The van der Waals surface area contributed by atoms with E-state index in [0.717, 1.165) is 43.4 Å². The number of para-hydroxylation sites is 1. The molecule has 1 aromatic rings. The van der Waals surface area contributed by atoms with Gasteiger partial charge in [-0.15, -0.1) is 0 Å². The Labute approximate surface area is 148 Å². The van der Waals surface area contributed by atoms with Gasteiger partial charge in [0, 0.05) is 23.9 Å². The fourth-order valence-electron chi connectivity index (χ4n) is 4.96. The topological polar surface area (TPSA) is 66.8 Å². The predicted octanol–water partition coefficient (Wildman–Crippen LogP) is 2.97. The number of carbonyl (C=O) groups excluding carboxylic acids is 1. The van der Waals surface area contributed by atoms with Crippen molar-refractivity contribution in [2.75, 3.05) is 13.7 Å². The standard InChI is InChI=1S/C20H25NO4/c1-21(20(18(23)24)9-5-2-6-10-20)17(22)15-13-19(15)11-12-25-16-8-4-3-7-14(16)19/h3-4,7-8,15H,2,5-6,9-13H2,1H3,(H,23,24)/t15-,19-/m0/s1. The third kappa shape index (κ3) is 2.35. The first-order valence-electron chi connectivity index (χ1n) is 9.25. The molecule has 1 amide bonds. The lowest BCUT2D eigenvalue weighted by Gasteiger charge is -2.41. The largest absolute Gasteiger partial charge is 0.493 e. The maximum atomic E-state index is 13.2. The van der Waals surface area contributed by atoms with E-state index in [1.807, 2.05) is 18.2 Å². The molecule has 1 aliphatic heterocycles. The van der Waals surface area contributed by atoms with E-state index < -0.39 is 11.5 Å². The number of nitrogens with zero attached hydrogens (tertiary/aromatic N) is 1. The van der Waals surface area contributed by atoms with Gasteiger partial charge in [-0.25, -0.2) is 4.79 Å². The smallest absolute Gasteiger partial charge is 0.329 e. The van der Waals surface area contributed by atoms with Gasteiger partial charge >= 0.3 is 5.97 Å². The number of carboxylic acids is 1. The first-order valence-corrected chi connectivity index (χ1v) is 9.25. The number of fused-ring (bicyclic) bond motifs is 2. The highest BCUT2D eigenvalue weighted by atomic mass is 16.5.